The Hall–Kier alpha value is -3.25. The number of hydrogen-bond donors (Lipinski definition) is 1. The lowest BCUT2D eigenvalue weighted by Crippen LogP contribution is -2.30. The number of halogens is 1. The summed E-state index contributed by atoms with van der Waals surface area (Å²) < 4.78 is 14.9. The molecule has 1 aliphatic rings. The summed E-state index contributed by atoms with van der Waals surface area (Å²) in [5.74, 6) is 0.250. The third kappa shape index (κ3) is 3.04. The highest BCUT2D eigenvalue weighted by molar-refractivity contribution is 7.17. The van der Waals surface area contributed by atoms with E-state index in [1.807, 2.05) is 29.2 Å². The minimum atomic E-state index is -0.275. The van der Waals surface area contributed by atoms with Gasteiger partial charge in [-0.05, 0) is 65.2 Å². The standard InChI is InChI=1S/C24H20FN3OS/c1-14-15(3-2-4-19(14)25)12-22(29)28-10-8-17-11-16(5-6-20(17)28)18-13-30-21-7-9-27-24(26)23(18)21/h2-7,9,11,13H,8,10,12H2,1H3,(H2,26,27). The summed E-state index contributed by atoms with van der Waals surface area (Å²) in [4.78, 5) is 19.0. The quantitative estimate of drug-likeness (QED) is 0.503. The molecule has 0 bridgehead atoms. The van der Waals surface area contributed by atoms with E-state index in [1.54, 1.807) is 30.5 Å². The summed E-state index contributed by atoms with van der Waals surface area (Å²) in [5, 5.41) is 3.09. The molecule has 6 heteroatoms. The van der Waals surface area contributed by atoms with Crippen molar-refractivity contribution in [3.05, 3.63) is 76.5 Å². The third-order valence-electron chi connectivity index (χ3n) is 5.82. The fraction of sp³-hybridized carbons (Fsp3) is 0.167. The van der Waals surface area contributed by atoms with Gasteiger partial charge in [0.15, 0.2) is 0 Å². The molecule has 4 nitrogen and oxygen atoms in total. The first-order valence-corrected chi connectivity index (χ1v) is 10.7. The van der Waals surface area contributed by atoms with E-state index in [0.717, 1.165) is 44.4 Å². The van der Waals surface area contributed by atoms with E-state index in [9.17, 15) is 9.18 Å². The average molecular weight is 418 g/mol. The van der Waals surface area contributed by atoms with E-state index < -0.39 is 0 Å². The van der Waals surface area contributed by atoms with Crippen molar-refractivity contribution in [1.82, 2.24) is 4.98 Å². The number of nitrogens with two attached hydrogens (primary N) is 1. The summed E-state index contributed by atoms with van der Waals surface area (Å²) >= 11 is 1.65. The fourth-order valence-corrected chi connectivity index (χ4v) is 5.12. The number of hydrogen-bond acceptors (Lipinski definition) is 4. The van der Waals surface area contributed by atoms with Crippen molar-refractivity contribution in [1.29, 1.82) is 0 Å². The molecule has 2 N–H and O–H groups in total. The van der Waals surface area contributed by atoms with Crippen LogP contribution in [0.2, 0.25) is 0 Å². The van der Waals surface area contributed by atoms with Crippen LogP contribution in [0.5, 0.6) is 0 Å². The topological polar surface area (TPSA) is 59.2 Å². The van der Waals surface area contributed by atoms with Crippen molar-refractivity contribution in [2.24, 2.45) is 0 Å². The van der Waals surface area contributed by atoms with Gasteiger partial charge in [-0.1, -0.05) is 18.2 Å². The van der Waals surface area contributed by atoms with E-state index in [4.69, 9.17) is 5.73 Å². The van der Waals surface area contributed by atoms with Gasteiger partial charge in [-0.3, -0.25) is 4.79 Å². The molecule has 0 unspecified atom stereocenters. The monoisotopic (exact) mass is 417 g/mol. The van der Waals surface area contributed by atoms with Crippen molar-refractivity contribution >= 4 is 38.8 Å². The molecule has 3 heterocycles. The van der Waals surface area contributed by atoms with E-state index in [-0.39, 0.29) is 18.1 Å². The van der Waals surface area contributed by atoms with Gasteiger partial charge in [0.1, 0.15) is 11.6 Å². The molecular formula is C24H20FN3OS. The van der Waals surface area contributed by atoms with Gasteiger partial charge in [-0.25, -0.2) is 9.37 Å². The minimum absolute atomic E-state index is 0.00960. The van der Waals surface area contributed by atoms with Crippen LogP contribution in [0.15, 0.2) is 54.0 Å². The van der Waals surface area contributed by atoms with Gasteiger partial charge in [-0.15, -0.1) is 11.3 Å². The number of anilines is 2. The molecule has 0 saturated carbocycles. The van der Waals surface area contributed by atoms with Crippen molar-refractivity contribution in [2.45, 2.75) is 19.8 Å². The molecule has 5 rings (SSSR count). The Kier molecular flexibility index (Phi) is 4.51. The number of nitrogen functional groups attached to an aromatic ring is 1. The molecule has 0 fully saturated rings. The van der Waals surface area contributed by atoms with Crippen LogP contribution in [-0.2, 0) is 17.6 Å². The van der Waals surface area contributed by atoms with Crippen molar-refractivity contribution in [3.63, 3.8) is 0 Å². The zero-order valence-corrected chi connectivity index (χ0v) is 17.3. The van der Waals surface area contributed by atoms with Gasteiger partial charge in [0.05, 0.1) is 6.42 Å². The maximum Gasteiger partial charge on any atom is 0.231 e. The van der Waals surface area contributed by atoms with Crippen molar-refractivity contribution in [2.75, 3.05) is 17.2 Å². The van der Waals surface area contributed by atoms with E-state index >= 15 is 0 Å². The lowest BCUT2D eigenvalue weighted by atomic mass is 10.0. The van der Waals surface area contributed by atoms with Crippen molar-refractivity contribution in [3.8, 4) is 11.1 Å². The number of thiophene rings is 1. The lowest BCUT2D eigenvalue weighted by molar-refractivity contribution is -0.117. The second kappa shape index (κ2) is 7.22. The number of aromatic nitrogens is 1. The number of carbonyl (C=O) groups excluding carboxylic acids is 1. The second-order valence-corrected chi connectivity index (χ2v) is 8.47. The Morgan fingerprint density at radius 1 is 1.27 bits per heavy atom. The van der Waals surface area contributed by atoms with E-state index in [0.29, 0.717) is 17.9 Å². The molecular weight excluding hydrogens is 397 g/mol. The molecule has 150 valence electrons. The van der Waals surface area contributed by atoms with E-state index in [1.165, 1.54) is 6.07 Å². The van der Waals surface area contributed by atoms with Crippen molar-refractivity contribution < 1.29 is 9.18 Å². The Morgan fingerprint density at radius 2 is 2.13 bits per heavy atom. The van der Waals surface area contributed by atoms with Crippen LogP contribution in [0.1, 0.15) is 16.7 Å². The molecule has 2 aromatic carbocycles. The van der Waals surface area contributed by atoms with Crippen LogP contribution in [0.3, 0.4) is 0 Å². The Bertz CT molecular complexity index is 1300. The second-order valence-electron chi connectivity index (χ2n) is 7.56. The first-order chi connectivity index (χ1) is 14.5. The van der Waals surface area contributed by atoms with Crippen LogP contribution in [0, 0.1) is 12.7 Å². The highest BCUT2D eigenvalue weighted by Crippen LogP contribution is 2.39. The minimum Gasteiger partial charge on any atom is -0.383 e. The van der Waals surface area contributed by atoms with Gasteiger partial charge in [0.2, 0.25) is 5.91 Å². The van der Waals surface area contributed by atoms with Gasteiger partial charge >= 0.3 is 0 Å². The van der Waals surface area contributed by atoms with Crippen LogP contribution in [0.4, 0.5) is 15.9 Å². The molecule has 0 radical (unpaired) electrons. The Balaban J connectivity index is 1.45. The maximum atomic E-state index is 13.8. The molecule has 2 aromatic heterocycles. The summed E-state index contributed by atoms with van der Waals surface area (Å²) in [6.07, 6.45) is 2.72. The molecule has 30 heavy (non-hydrogen) atoms. The molecule has 0 spiro atoms. The Labute approximate surface area is 177 Å². The fourth-order valence-electron chi connectivity index (χ4n) is 4.15. The SMILES string of the molecule is Cc1c(F)cccc1CC(=O)N1CCc2cc(-c3csc4ccnc(N)c34)ccc21. The summed E-state index contributed by atoms with van der Waals surface area (Å²) in [6.45, 7) is 2.36. The van der Waals surface area contributed by atoms with E-state index in [2.05, 4.69) is 16.4 Å². The highest BCUT2D eigenvalue weighted by atomic mass is 32.1. The average Bonchev–Trinajstić information content (AvgIpc) is 3.36. The summed E-state index contributed by atoms with van der Waals surface area (Å²) in [6, 6.07) is 13.0. The molecule has 0 atom stereocenters. The zero-order valence-electron chi connectivity index (χ0n) is 16.5. The number of benzene rings is 2. The molecule has 1 amide bonds. The summed E-state index contributed by atoms with van der Waals surface area (Å²) in [7, 11) is 0. The number of carbonyl (C=O) groups is 1. The number of rotatable bonds is 3. The largest absolute Gasteiger partial charge is 0.383 e. The third-order valence-corrected chi connectivity index (χ3v) is 6.77. The normalized spacial score (nSPS) is 13.1. The number of amides is 1. The number of nitrogens with zero attached hydrogens (tertiary/aromatic N) is 2. The number of fused-ring (bicyclic) bond motifs is 2. The lowest BCUT2D eigenvalue weighted by Gasteiger charge is -2.18. The summed E-state index contributed by atoms with van der Waals surface area (Å²) in [5.41, 5.74) is 11.6. The van der Waals surface area contributed by atoms with Gasteiger partial charge < -0.3 is 10.6 Å². The highest BCUT2D eigenvalue weighted by Gasteiger charge is 2.26. The van der Waals surface area contributed by atoms with Crippen LogP contribution in [0.25, 0.3) is 21.2 Å². The van der Waals surface area contributed by atoms with Gasteiger partial charge in [0.25, 0.3) is 0 Å². The molecule has 0 aliphatic carbocycles. The smallest absolute Gasteiger partial charge is 0.231 e. The first-order valence-electron chi connectivity index (χ1n) is 9.82. The molecule has 4 aromatic rings. The maximum absolute atomic E-state index is 13.8. The molecule has 0 saturated heterocycles. The zero-order chi connectivity index (χ0) is 20.8. The Morgan fingerprint density at radius 3 is 3.00 bits per heavy atom. The first kappa shape index (κ1) is 18.8. The van der Waals surface area contributed by atoms with Crippen LogP contribution < -0.4 is 10.6 Å². The predicted molar refractivity (Wildman–Crippen MR) is 120 cm³/mol. The predicted octanol–water partition coefficient (Wildman–Crippen LogP) is 5.12. The molecule has 1 aliphatic heterocycles. The van der Waals surface area contributed by atoms with Crippen LogP contribution >= 0.6 is 11.3 Å². The number of pyridine rings is 1. The van der Waals surface area contributed by atoms with Gasteiger partial charge in [-0.2, -0.15) is 0 Å². The van der Waals surface area contributed by atoms with Gasteiger partial charge in [0, 0.05) is 34.1 Å². The van der Waals surface area contributed by atoms with Crippen LogP contribution in [-0.4, -0.2) is 17.4 Å².